The highest BCUT2D eigenvalue weighted by molar-refractivity contribution is 5.70. The molecule has 0 heterocycles. The van der Waals surface area contributed by atoms with Gasteiger partial charge in [0.2, 0.25) is 0 Å². The van der Waals surface area contributed by atoms with Gasteiger partial charge in [-0.1, -0.05) is 48.5 Å². The Morgan fingerprint density at radius 2 is 1.22 bits per heavy atom. The number of hydrogen-bond acceptors (Lipinski definition) is 1. The van der Waals surface area contributed by atoms with Crippen LogP contribution in [0.5, 0.6) is 0 Å². The van der Waals surface area contributed by atoms with E-state index in [0.717, 1.165) is 6.54 Å². The van der Waals surface area contributed by atoms with Crippen molar-refractivity contribution in [2.45, 2.75) is 20.8 Å². The first-order valence-corrected chi connectivity index (χ1v) is 8.18. The third-order valence-corrected chi connectivity index (χ3v) is 4.12. The molecule has 116 valence electrons. The van der Waals surface area contributed by atoms with Gasteiger partial charge in [0.1, 0.15) is 0 Å². The predicted octanol–water partition coefficient (Wildman–Crippen LogP) is 6.13. The molecule has 0 saturated carbocycles. The van der Waals surface area contributed by atoms with Crippen molar-refractivity contribution in [3.8, 4) is 11.1 Å². The summed E-state index contributed by atoms with van der Waals surface area (Å²) in [5.41, 5.74) is 7.62. The van der Waals surface area contributed by atoms with Crippen LogP contribution >= 0.6 is 0 Å². The first kappa shape index (κ1) is 15.4. The summed E-state index contributed by atoms with van der Waals surface area (Å²) in [4.78, 5) is 2.36. The number of aryl methyl sites for hydroxylation is 2. The van der Waals surface area contributed by atoms with E-state index in [-0.39, 0.29) is 0 Å². The molecular weight excluding hydrogens is 278 g/mol. The molecule has 0 spiro atoms. The summed E-state index contributed by atoms with van der Waals surface area (Å²) in [6, 6.07) is 26.1. The van der Waals surface area contributed by atoms with Crippen LogP contribution in [0.15, 0.2) is 72.8 Å². The standard InChI is InChI=1S/C22H23N/c1-4-23(22-15-17(2)14-18(3)16-22)21-12-10-20(11-13-21)19-8-6-5-7-9-19/h5-16H,4H2,1-3H3. The van der Waals surface area contributed by atoms with Crippen LogP contribution in [0.2, 0.25) is 0 Å². The first-order valence-electron chi connectivity index (χ1n) is 8.18. The van der Waals surface area contributed by atoms with Crippen LogP contribution in [0.1, 0.15) is 18.1 Å². The summed E-state index contributed by atoms with van der Waals surface area (Å²) in [6.45, 7) is 7.46. The average Bonchev–Trinajstić information content (AvgIpc) is 2.56. The molecule has 0 atom stereocenters. The lowest BCUT2D eigenvalue weighted by molar-refractivity contribution is 1.02. The van der Waals surface area contributed by atoms with Crippen molar-refractivity contribution < 1.29 is 0 Å². The van der Waals surface area contributed by atoms with Gasteiger partial charge >= 0.3 is 0 Å². The van der Waals surface area contributed by atoms with Gasteiger partial charge in [-0.25, -0.2) is 0 Å². The van der Waals surface area contributed by atoms with E-state index in [1.54, 1.807) is 0 Å². The van der Waals surface area contributed by atoms with Crippen molar-refractivity contribution in [3.05, 3.63) is 83.9 Å². The molecule has 1 nitrogen and oxygen atoms in total. The maximum Gasteiger partial charge on any atom is 0.0415 e. The molecule has 3 aromatic carbocycles. The minimum Gasteiger partial charge on any atom is -0.342 e. The summed E-state index contributed by atoms with van der Waals surface area (Å²) >= 11 is 0. The van der Waals surface area contributed by atoms with Gasteiger partial charge in [0.15, 0.2) is 0 Å². The van der Waals surface area contributed by atoms with Gasteiger partial charge in [0, 0.05) is 17.9 Å². The highest BCUT2D eigenvalue weighted by atomic mass is 15.1. The van der Waals surface area contributed by atoms with E-state index >= 15 is 0 Å². The number of hydrogen-bond donors (Lipinski definition) is 0. The van der Waals surface area contributed by atoms with Gasteiger partial charge in [-0.3, -0.25) is 0 Å². The van der Waals surface area contributed by atoms with E-state index in [2.05, 4.69) is 98.5 Å². The van der Waals surface area contributed by atoms with Crippen LogP contribution in [0.3, 0.4) is 0 Å². The topological polar surface area (TPSA) is 3.24 Å². The SMILES string of the molecule is CCN(c1ccc(-c2ccccc2)cc1)c1cc(C)cc(C)c1. The molecule has 0 N–H and O–H groups in total. The zero-order valence-electron chi connectivity index (χ0n) is 14.1. The highest BCUT2D eigenvalue weighted by Crippen LogP contribution is 2.29. The second-order valence-corrected chi connectivity index (χ2v) is 6.00. The lowest BCUT2D eigenvalue weighted by Crippen LogP contribution is -2.16. The average molecular weight is 301 g/mol. The van der Waals surface area contributed by atoms with Crippen LogP contribution in [0.25, 0.3) is 11.1 Å². The third kappa shape index (κ3) is 3.45. The van der Waals surface area contributed by atoms with E-state index in [9.17, 15) is 0 Å². The molecule has 3 aromatic rings. The smallest absolute Gasteiger partial charge is 0.0415 e. The summed E-state index contributed by atoms with van der Waals surface area (Å²) in [5, 5.41) is 0. The predicted molar refractivity (Wildman–Crippen MR) is 100 cm³/mol. The normalized spacial score (nSPS) is 10.6. The molecule has 0 aliphatic carbocycles. The van der Waals surface area contributed by atoms with Gasteiger partial charge in [-0.15, -0.1) is 0 Å². The van der Waals surface area contributed by atoms with E-state index < -0.39 is 0 Å². The number of benzene rings is 3. The van der Waals surface area contributed by atoms with Crippen molar-refractivity contribution in [1.29, 1.82) is 0 Å². The minimum atomic E-state index is 0.952. The van der Waals surface area contributed by atoms with Gasteiger partial charge in [-0.05, 0) is 67.3 Å². The minimum absolute atomic E-state index is 0.952. The Morgan fingerprint density at radius 3 is 1.78 bits per heavy atom. The van der Waals surface area contributed by atoms with Crippen LogP contribution in [-0.2, 0) is 0 Å². The molecular formula is C22H23N. The maximum atomic E-state index is 2.36. The Labute approximate surface area is 139 Å². The molecule has 0 fully saturated rings. The molecule has 0 amide bonds. The fourth-order valence-electron chi connectivity index (χ4n) is 3.09. The molecule has 0 aliphatic rings. The van der Waals surface area contributed by atoms with Crippen LogP contribution < -0.4 is 4.90 Å². The summed E-state index contributed by atoms with van der Waals surface area (Å²) in [7, 11) is 0. The zero-order valence-corrected chi connectivity index (χ0v) is 14.1. The fourth-order valence-corrected chi connectivity index (χ4v) is 3.09. The number of anilines is 2. The van der Waals surface area contributed by atoms with E-state index in [1.165, 1.54) is 33.6 Å². The summed E-state index contributed by atoms with van der Waals surface area (Å²) < 4.78 is 0. The molecule has 1 heteroatoms. The maximum absolute atomic E-state index is 2.36. The van der Waals surface area contributed by atoms with Gasteiger partial charge in [0.25, 0.3) is 0 Å². The van der Waals surface area contributed by atoms with Crippen molar-refractivity contribution in [3.63, 3.8) is 0 Å². The molecule has 0 unspecified atom stereocenters. The van der Waals surface area contributed by atoms with Crippen LogP contribution in [-0.4, -0.2) is 6.54 Å². The van der Waals surface area contributed by atoms with Crippen LogP contribution in [0.4, 0.5) is 11.4 Å². The second kappa shape index (κ2) is 6.70. The Hall–Kier alpha value is -2.54. The Morgan fingerprint density at radius 1 is 0.652 bits per heavy atom. The van der Waals surface area contributed by atoms with Gasteiger partial charge < -0.3 is 4.90 Å². The lowest BCUT2D eigenvalue weighted by Gasteiger charge is -2.24. The fraction of sp³-hybridized carbons (Fsp3) is 0.182. The molecule has 23 heavy (non-hydrogen) atoms. The van der Waals surface area contributed by atoms with E-state index in [0.29, 0.717) is 0 Å². The molecule has 0 aliphatic heterocycles. The largest absolute Gasteiger partial charge is 0.342 e. The Bertz CT molecular complexity index is 753. The lowest BCUT2D eigenvalue weighted by atomic mass is 10.0. The Balaban J connectivity index is 1.93. The summed E-state index contributed by atoms with van der Waals surface area (Å²) in [5.74, 6) is 0. The summed E-state index contributed by atoms with van der Waals surface area (Å²) in [6.07, 6.45) is 0. The number of nitrogens with zero attached hydrogens (tertiary/aromatic N) is 1. The highest BCUT2D eigenvalue weighted by Gasteiger charge is 2.08. The van der Waals surface area contributed by atoms with Gasteiger partial charge in [-0.2, -0.15) is 0 Å². The van der Waals surface area contributed by atoms with Crippen molar-refractivity contribution in [1.82, 2.24) is 0 Å². The quantitative estimate of drug-likeness (QED) is 0.560. The Kier molecular flexibility index (Phi) is 4.47. The molecule has 0 saturated heterocycles. The van der Waals surface area contributed by atoms with Crippen molar-refractivity contribution in [2.24, 2.45) is 0 Å². The van der Waals surface area contributed by atoms with Crippen molar-refractivity contribution >= 4 is 11.4 Å². The van der Waals surface area contributed by atoms with Crippen LogP contribution in [0, 0.1) is 13.8 Å². The van der Waals surface area contributed by atoms with E-state index in [1.807, 2.05) is 0 Å². The molecule has 0 aromatic heterocycles. The number of rotatable bonds is 4. The van der Waals surface area contributed by atoms with E-state index in [4.69, 9.17) is 0 Å². The zero-order chi connectivity index (χ0) is 16.2. The monoisotopic (exact) mass is 301 g/mol. The molecule has 0 radical (unpaired) electrons. The molecule has 3 rings (SSSR count). The molecule has 0 bridgehead atoms. The van der Waals surface area contributed by atoms with Crippen molar-refractivity contribution in [2.75, 3.05) is 11.4 Å². The first-order chi connectivity index (χ1) is 11.2. The third-order valence-electron chi connectivity index (χ3n) is 4.12. The second-order valence-electron chi connectivity index (χ2n) is 6.00. The van der Waals surface area contributed by atoms with Gasteiger partial charge in [0.05, 0.1) is 0 Å².